The fourth-order valence-corrected chi connectivity index (χ4v) is 4.34. The van der Waals surface area contributed by atoms with E-state index in [0.29, 0.717) is 23.7 Å². The monoisotopic (exact) mass is 590 g/mol. The minimum atomic E-state index is -1.03. The molecule has 0 saturated heterocycles. The maximum atomic E-state index is 12.6. The summed E-state index contributed by atoms with van der Waals surface area (Å²) < 4.78 is 20.8. The maximum Gasteiger partial charge on any atom is 0.346 e. The van der Waals surface area contributed by atoms with Crippen molar-refractivity contribution in [3.8, 4) is 22.9 Å². The SMILES string of the molecule is CCCCCCCCCCCCOc1cnc(-c2ccc(C(=O)Oc3ccc(C(=O)OC(C)C(=O)OC)cc3)cc2)nc1. The van der Waals surface area contributed by atoms with E-state index in [4.69, 9.17) is 14.2 Å². The van der Waals surface area contributed by atoms with Crippen molar-refractivity contribution in [2.45, 2.75) is 84.2 Å². The van der Waals surface area contributed by atoms with Gasteiger partial charge < -0.3 is 18.9 Å². The zero-order valence-corrected chi connectivity index (χ0v) is 25.4. The molecule has 3 aromatic rings. The van der Waals surface area contributed by atoms with Crippen molar-refractivity contribution in [2.75, 3.05) is 13.7 Å². The van der Waals surface area contributed by atoms with Crippen molar-refractivity contribution in [1.29, 1.82) is 0 Å². The van der Waals surface area contributed by atoms with E-state index in [9.17, 15) is 14.4 Å². The summed E-state index contributed by atoms with van der Waals surface area (Å²) in [5, 5.41) is 0. The van der Waals surface area contributed by atoms with E-state index >= 15 is 0 Å². The quantitative estimate of drug-likeness (QED) is 0.0850. The van der Waals surface area contributed by atoms with Crippen LogP contribution in [0.2, 0.25) is 0 Å². The molecule has 0 radical (unpaired) electrons. The molecule has 9 heteroatoms. The Balaban J connectivity index is 1.39. The molecule has 9 nitrogen and oxygen atoms in total. The van der Waals surface area contributed by atoms with Crippen LogP contribution in [0, 0.1) is 0 Å². The van der Waals surface area contributed by atoms with Gasteiger partial charge >= 0.3 is 17.9 Å². The average molecular weight is 591 g/mol. The number of rotatable bonds is 18. The number of benzene rings is 2. The zero-order valence-electron chi connectivity index (χ0n) is 25.4. The number of hydrogen-bond acceptors (Lipinski definition) is 9. The number of hydrogen-bond donors (Lipinski definition) is 0. The van der Waals surface area contributed by atoms with E-state index in [-0.39, 0.29) is 11.3 Å². The normalized spacial score (nSPS) is 11.4. The van der Waals surface area contributed by atoms with Crippen LogP contribution in [0.25, 0.3) is 11.4 Å². The molecule has 1 unspecified atom stereocenters. The van der Waals surface area contributed by atoms with Crippen LogP contribution in [0.4, 0.5) is 0 Å². The van der Waals surface area contributed by atoms with Gasteiger partial charge in [-0.3, -0.25) is 0 Å². The van der Waals surface area contributed by atoms with Crippen LogP contribution >= 0.6 is 0 Å². The predicted molar refractivity (Wildman–Crippen MR) is 163 cm³/mol. The smallest absolute Gasteiger partial charge is 0.346 e. The number of carbonyl (C=O) groups excluding carboxylic acids is 3. The Morgan fingerprint density at radius 1 is 0.698 bits per heavy atom. The first-order chi connectivity index (χ1) is 20.9. The molecule has 0 saturated carbocycles. The largest absolute Gasteiger partial charge is 0.490 e. The number of carbonyl (C=O) groups is 3. The lowest BCUT2D eigenvalue weighted by Gasteiger charge is -2.11. The molecule has 43 heavy (non-hydrogen) atoms. The van der Waals surface area contributed by atoms with Crippen LogP contribution in [0.5, 0.6) is 11.5 Å². The van der Waals surface area contributed by atoms with Gasteiger partial charge in [-0.05, 0) is 49.7 Å². The Hall–Kier alpha value is -4.27. The number of nitrogens with zero attached hydrogens (tertiary/aromatic N) is 2. The van der Waals surface area contributed by atoms with Gasteiger partial charge in [0.25, 0.3) is 0 Å². The Labute approximate surface area is 253 Å². The van der Waals surface area contributed by atoms with E-state index in [1.54, 1.807) is 36.7 Å². The molecule has 1 aromatic heterocycles. The molecular weight excluding hydrogens is 548 g/mol. The highest BCUT2D eigenvalue weighted by Gasteiger charge is 2.19. The van der Waals surface area contributed by atoms with Gasteiger partial charge in [0.15, 0.2) is 17.7 Å². The maximum absolute atomic E-state index is 12.6. The molecule has 2 aromatic carbocycles. The highest BCUT2D eigenvalue weighted by molar-refractivity contribution is 5.93. The highest BCUT2D eigenvalue weighted by Crippen LogP contribution is 2.20. The van der Waals surface area contributed by atoms with Gasteiger partial charge in [0.2, 0.25) is 0 Å². The molecule has 0 amide bonds. The summed E-state index contributed by atoms with van der Waals surface area (Å²) in [6.45, 7) is 4.32. The van der Waals surface area contributed by atoms with Crippen molar-refractivity contribution in [3.63, 3.8) is 0 Å². The van der Waals surface area contributed by atoms with Crippen LogP contribution in [0.1, 0.15) is 98.8 Å². The second-order valence-corrected chi connectivity index (χ2v) is 10.3. The Morgan fingerprint density at radius 2 is 1.23 bits per heavy atom. The minimum Gasteiger partial charge on any atom is -0.490 e. The number of methoxy groups -OCH3 is 1. The molecule has 1 heterocycles. The van der Waals surface area contributed by atoms with Gasteiger partial charge in [0.1, 0.15) is 5.75 Å². The molecule has 3 rings (SSSR count). The third-order valence-electron chi connectivity index (χ3n) is 6.89. The number of unbranched alkanes of at least 4 members (excludes halogenated alkanes) is 9. The van der Waals surface area contributed by atoms with Crippen molar-refractivity contribution >= 4 is 17.9 Å². The molecule has 0 spiro atoms. The molecule has 0 aliphatic heterocycles. The molecule has 0 bridgehead atoms. The van der Waals surface area contributed by atoms with E-state index in [2.05, 4.69) is 21.6 Å². The van der Waals surface area contributed by atoms with Crippen molar-refractivity contribution in [1.82, 2.24) is 9.97 Å². The van der Waals surface area contributed by atoms with E-state index < -0.39 is 24.0 Å². The molecule has 0 aliphatic rings. The molecule has 0 aliphatic carbocycles. The zero-order chi connectivity index (χ0) is 30.9. The summed E-state index contributed by atoms with van der Waals surface area (Å²) >= 11 is 0. The number of esters is 3. The van der Waals surface area contributed by atoms with Crippen LogP contribution in [-0.2, 0) is 14.3 Å². The van der Waals surface area contributed by atoms with Gasteiger partial charge in [-0.25, -0.2) is 24.4 Å². The molecule has 0 fully saturated rings. The van der Waals surface area contributed by atoms with Crippen LogP contribution < -0.4 is 9.47 Å². The lowest BCUT2D eigenvalue weighted by molar-refractivity contribution is -0.149. The van der Waals surface area contributed by atoms with Gasteiger partial charge in [0.05, 0.1) is 37.2 Å². The first kappa shape index (κ1) is 33.2. The Morgan fingerprint density at radius 3 is 1.81 bits per heavy atom. The summed E-state index contributed by atoms with van der Waals surface area (Å²) in [6, 6.07) is 12.6. The van der Waals surface area contributed by atoms with Crippen LogP contribution in [0.15, 0.2) is 60.9 Å². The predicted octanol–water partition coefficient (Wildman–Crippen LogP) is 7.38. The average Bonchev–Trinajstić information content (AvgIpc) is 3.03. The lowest BCUT2D eigenvalue weighted by Crippen LogP contribution is -2.25. The van der Waals surface area contributed by atoms with Crippen LogP contribution in [0.3, 0.4) is 0 Å². The Kier molecular flexibility index (Phi) is 14.1. The fraction of sp³-hybridized carbons (Fsp3) is 0.441. The summed E-state index contributed by atoms with van der Waals surface area (Å²) in [5.41, 5.74) is 1.30. The number of ether oxygens (including phenoxy) is 4. The summed E-state index contributed by atoms with van der Waals surface area (Å²) in [6.07, 6.45) is 15.1. The standard InChI is InChI=1S/C34H42N2O7/c1-4-5-6-7-8-9-10-11-12-13-22-41-30-23-35-31(36-24-30)26-14-16-27(17-15-26)34(39)43-29-20-18-28(19-21-29)33(38)42-25(2)32(37)40-3/h14-21,23-25H,4-13,22H2,1-3H3. The third kappa shape index (κ3) is 11.5. The topological polar surface area (TPSA) is 114 Å². The van der Waals surface area contributed by atoms with Gasteiger partial charge in [-0.15, -0.1) is 0 Å². The van der Waals surface area contributed by atoms with Crippen molar-refractivity contribution in [2.24, 2.45) is 0 Å². The lowest BCUT2D eigenvalue weighted by atomic mass is 10.1. The van der Waals surface area contributed by atoms with E-state index in [1.165, 1.54) is 96.1 Å². The van der Waals surface area contributed by atoms with Gasteiger partial charge in [-0.2, -0.15) is 0 Å². The molecule has 0 N–H and O–H groups in total. The highest BCUT2D eigenvalue weighted by atomic mass is 16.6. The van der Waals surface area contributed by atoms with Crippen molar-refractivity contribution in [3.05, 3.63) is 72.1 Å². The molecule has 230 valence electrons. The van der Waals surface area contributed by atoms with Crippen molar-refractivity contribution < 1.29 is 33.3 Å². The second kappa shape index (κ2) is 18.3. The second-order valence-electron chi connectivity index (χ2n) is 10.3. The third-order valence-corrected chi connectivity index (χ3v) is 6.89. The van der Waals surface area contributed by atoms with E-state index in [1.807, 2.05) is 0 Å². The molecule has 1 atom stereocenters. The summed E-state index contributed by atoms with van der Waals surface area (Å²) in [5.74, 6) is -0.492. The van der Waals surface area contributed by atoms with Crippen LogP contribution in [-0.4, -0.2) is 47.7 Å². The first-order valence-electron chi connectivity index (χ1n) is 15.1. The van der Waals surface area contributed by atoms with Gasteiger partial charge in [-0.1, -0.05) is 76.8 Å². The Bertz CT molecular complexity index is 1280. The van der Waals surface area contributed by atoms with Gasteiger partial charge in [0, 0.05) is 5.56 Å². The first-order valence-corrected chi connectivity index (χ1v) is 15.1. The minimum absolute atomic E-state index is 0.204. The van der Waals surface area contributed by atoms with E-state index in [0.717, 1.165) is 12.0 Å². The fourth-order valence-electron chi connectivity index (χ4n) is 4.34. The summed E-state index contributed by atoms with van der Waals surface area (Å²) in [7, 11) is 1.21. The summed E-state index contributed by atoms with van der Waals surface area (Å²) in [4.78, 5) is 45.0. The molecular formula is C34H42N2O7. The number of aromatic nitrogens is 2.